The maximum absolute atomic E-state index is 14.8. The third kappa shape index (κ3) is 4.20. The van der Waals surface area contributed by atoms with Gasteiger partial charge in [-0.1, -0.05) is 48.5 Å². The lowest BCUT2D eigenvalue weighted by Gasteiger charge is -2.22. The van der Waals surface area contributed by atoms with E-state index < -0.39 is 21.7 Å². The number of carbonyl (C=O) groups excluding carboxylic acids is 1. The van der Waals surface area contributed by atoms with Gasteiger partial charge in [0, 0.05) is 24.2 Å². The summed E-state index contributed by atoms with van der Waals surface area (Å²) in [6.45, 7) is 0. The van der Waals surface area contributed by atoms with Crippen molar-refractivity contribution in [3.8, 4) is 11.1 Å². The molecule has 7 heteroatoms. The highest BCUT2D eigenvalue weighted by Gasteiger charge is 2.21. The Bertz CT molecular complexity index is 1100. The van der Waals surface area contributed by atoms with Crippen molar-refractivity contribution in [2.75, 3.05) is 22.9 Å². The van der Waals surface area contributed by atoms with Gasteiger partial charge in [-0.2, -0.15) is 0 Å². The van der Waals surface area contributed by atoms with Gasteiger partial charge in [0.15, 0.2) is 0 Å². The maximum Gasteiger partial charge on any atom is 0.255 e. The van der Waals surface area contributed by atoms with Crippen molar-refractivity contribution in [3.05, 3.63) is 84.2 Å². The highest BCUT2D eigenvalue weighted by Crippen LogP contribution is 2.35. The second-order valence-corrected chi connectivity index (χ2v) is 8.28. The Balaban J connectivity index is 2.12. The first kappa shape index (κ1) is 19.6. The molecule has 5 nitrogen and oxygen atoms in total. The maximum atomic E-state index is 14.8. The second-order valence-electron chi connectivity index (χ2n) is 6.27. The predicted molar refractivity (Wildman–Crippen MR) is 109 cm³/mol. The van der Waals surface area contributed by atoms with Crippen molar-refractivity contribution in [1.82, 2.24) is 0 Å². The zero-order valence-electron chi connectivity index (χ0n) is 15.4. The number of amides is 1. The first-order valence-corrected chi connectivity index (χ1v) is 10.3. The molecule has 3 aromatic carbocycles. The molecular formula is C21H19FN2O3S. The molecule has 0 heterocycles. The van der Waals surface area contributed by atoms with Crippen molar-refractivity contribution >= 4 is 27.3 Å². The van der Waals surface area contributed by atoms with Crippen LogP contribution in [0.3, 0.4) is 0 Å². The summed E-state index contributed by atoms with van der Waals surface area (Å²) in [6.07, 6.45) is 1.01. The fourth-order valence-corrected chi connectivity index (χ4v) is 3.23. The van der Waals surface area contributed by atoms with Crippen LogP contribution in [0.2, 0.25) is 0 Å². The fourth-order valence-electron chi connectivity index (χ4n) is 2.72. The standard InChI is InChI=1S/C21H19FN2O3S/c1-24(28(2,26)27)20-14-18(22)17(15-9-5-3-6-10-15)13-19(20)23-21(25)16-11-7-4-8-12-16/h3-14H,1-2H3,(H,23,25). The molecule has 1 N–H and O–H groups in total. The minimum Gasteiger partial charge on any atom is -0.320 e. The number of anilines is 2. The lowest BCUT2D eigenvalue weighted by Crippen LogP contribution is -2.26. The van der Waals surface area contributed by atoms with Crippen LogP contribution in [-0.2, 0) is 10.0 Å². The first-order valence-electron chi connectivity index (χ1n) is 8.46. The van der Waals surface area contributed by atoms with Crippen LogP contribution < -0.4 is 9.62 Å². The molecule has 0 radical (unpaired) electrons. The number of carbonyl (C=O) groups is 1. The molecule has 0 aromatic heterocycles. The average Bonchev–Trinajstić information content (AvgIpc) is 2.69. The molecule has 1 amide bonds. The van der Waals surface area contributed by atoms with Crippen LogP contribution in [-0.4, -0.2) is 27.6 Å². The topological polar surface area (TPSA) is 66.5 Å². The minimum atomic E-state index is -3.66. The Morgan fingerprint density at radius 2 is 1.54 bits per heavy atom. The van der Waals surface area contributed by atoms with E-state index in [1.54, 1.807) is 54.6 Å². The summed E-state index contributed by atoms with van der Waals surface area (Å²) in [4.78, 5) is 12.6. The molecule has 0 aliphatic heterocycles. The normalized spacial score (nSPS) is 11.1. The first-order chi connectivity index (χ1) is 13.3. The zero-order chi connectivity index (χ0) is 20.3. The number of hydrogen-bond donors (Lipinski definition) is 1. The van der Waals surface area contributed by atoms with E-state index in [-0.39, 0.29) is 16.9 Å². The van der Waals surface area contributed by atoms with Crippen molar-refractivity contribution in [2.45, 2.75) is 0 Å². The van der Waals surface area contributed by atoms with Gasteiger partial charge in [-0.15, -0.1) is 0 Å². The molecule has 0 spiro atoms. The van der Waals surface area contributed by atoms with Crippen LogP contribution in [0.1, 0.15) is 10.4 Å². The van der Waals surface area contributed by atoms with Gasteiger partial charge in [0.2, 0.25) is 10.0 Å². The van der Waals surface area contributed by atoms with Crippen molar-refractivity contribution in [2.24, 2.45) is 0 Å². The largest absolute Gasteiger partial charge is 0.320 e. The molecule has 0 aliphatic rings. The van der Waals surface area contributed by atoms with Crippen molar-refractivity contribution in [3.63, 3.8) is 0 Å². The van der Waals surface area contributed by atoms with Gasteiger partial charge in [-0.05, 0) is 23.8 Å². The van der Waals surface area contributed by atoms with Crippen molar-refractivity contribution in [1.29, 1.82) is 0 Å². The number of halogens is 1. The van der Waals surface area contributed by atoms with Crippen LogP contribution >= 0.6 is 0 Å². The Morgan fingerprint density at radius 1 is 0.964 bits per heavy atom. The van der Waals surface area contributed by atoms with E-state index in [1.165, 1.54) is 13.1 Å². The summed E-state index contributed by atoms with van der Waals surface area (Å²) in [5.74, 6) is -1.01. The third-order valence-corrected chi connectivity index (χ3v) is 5.48. The molecule has 0 saturated heterocycles. The van der Waals surface area contributed by atoms with Crippen LogP contribution in [0, 0.1) is 5.82 Å². The van der Waals surface area contributed by atoms with Gasteiger partial charge in [-0.3, -0.25) is 9.10 Å². The van der Waals surface area contributed by atoms with Crippen molar-refractivity contribution < 1.29 is 17.6 Å². The SMILES string of the molecule is CN(c1cc(F)c(-c2ccccc2)cc1NC(=O)c1ccccc1)S(C)(=O)=O. The van der Waals surface area contributed by atoms with Gasteiger partial charge in [0.1, 0.15) is 5.82 Å². The molecule has 0 saturated carbocycles. The lowest BCUT2D eigenvalue weighted by atomic mass is 10.0. The van der Waals surface area contributed by atoms with E-state index in [0.29, 0.717) is 11.1 Å². The molecule has 0 unspecified atom stereocenters. The molecule has 3 rings (SSSR count). The summed E-state index contributed by atoms with van der Waals surface area (Å²) < 4.78 is 39.7. The zero-order valence-corrected chi connectivity index (χ0v) is 16.2. The number of rotatable bonds is 5. The molecule has 0 aliphatic carbocycles. The molecule has 28 heavy (non-hydrogen) atoms. The number of sulfonamides is 1. The van der Waals surface area contributed by atoms with Gasteiger partial charge >= 0.3 is 0 Å². The summed E-state index contributed by atoms with van der Waals surface area (Å²) >= 11 is 0. The van der Waals surface area contributed by atoms with Crippen LogP contribution in [0.25, 0.3) is 11.1 Å². The molecule has 0 bridgehead atoms. The van der Waals surface area contributed by atoms with Gasteiger partial charge < -0.3 is 5.32 Å². The molecule has 0 atom stereocenters. The highest BCUT2D eigenvalue weighted by molar-refractivity contribution is 7.92. The van der Waals surface area contributed by atoms with E-state index in [2.05, 4.69) is 5.32 Å². The smallest absolute Gasteiger partial charge is 0.255 e. The van der Waals surface area contributed by atoms with Gasteiger partial charge in [-0.25, -0.2) is 12.8 Å². The predicted octanol–water partition coefficient (Wildman–Crippen LogP) is 4.14. The van der Waals surface area contributed by atoms with Crippen LogP contribution in [0.4, 0.5) is 15.8 Å². The number of benzene rings is 3. The molecule has 3 aromatic rings. The monoisotopic (exact) mass is 398 g/mol. The van der Waals surface area contributed by atoms with Crippen LogP contribution in [0.5, 0.6) is 0 Å². The van der Waals surface area contributed by atoms with E-state index in [0.717, 1.165) is 16.6 Å². The summed E-state index contributed by atoms with van der Waals surface area (Å²) in [7, 11) is -2.35. The number of nitrogens with one attached hydrogen (secondary N) is 1. The van der Waals surface area contributed by atoms with E-state index >= 15 is 0 Å². The number of hydrogen-bond acceptors (Lipinski definition) is 3. The van der Waals surface area contributed by atoms with E-state index in [9.17, 15) is 17.6 Å². The van der Waals surface area contributed by atoms with Crippen LogP contribution in [0.15, 0.2) is 72.8 Å². The molecular weight excluding hydrogens is 379 g/mol. The van der Waals surface area contributed by atoms with Gasteiger partial charge in [0.05, 0.1) is 17.6 Å². The van der Waals surface area contributed by atoms with Gasteiger partial charge in [0.25, 0.3) is 5.91 Å². The Morgan fingerprint density at radius 3 is 2.11 bits per heavy atom. The average molecular weight is 398 g/mol. The second kappa shape index (κ2) is 7.82. The Kier molecular flexibility index (Phi) is 5.46. The summed E-state index contributed by atoms with van der Waals surface area (Å²) in [5.41, 5.74) is 1.52. The fraction of sp³-hybridized carbons (Fsp3) is 0.0952. The highest BCUT2D eigenvalue weighted by atomic mass is 32.2. The Hall–Kier alpha value is -3.19. The molecule has 0 fully saturated rings. The van der Waals surface area contributed by atoms with E-state index in [1.807, 2.05) is 6.07 Å². The summed E-state index contributed by atoms with van der Waals surface area (Å²) in [6, 6.07) is 19.9. The summed E-state index contributed by atoms with van der Waals surface area (Å²) in [5, 5.41) is 2.71. The third-order valence-electron chi connectivity index (χ3n) is 4.29. The Labute approximate surface area is 163 Å². The number of nitrogens with zero attached hydrogens (tertiary/aromatic N) is 1. The quantitative estimate of drug-likeness (QED) is 0.702. The molecule has 144 valence electrons. The lowest BCUT2D eigenvalue weighted by molar-refractivity contribution is 0.102. The van der Waals surface area contributed by atoms with E-state index in [4.69, 9.17) is 0 Å². The minimum absolute atomic E-state index is 0.0453.